The number of nitro groups is 1. The van der Waals surface area contributed by atoms with E-state index in [4.69, 9.17) is 9.47 Å². The molecule has 1 heterocycles. The fraction of sp³-hybridized carbons (Fsp3) is 0.333. The van der Waals surface area contributed by atoms with E-state index in [2.05, 4.69) is 0 Å². The second kappa shape index (κ2) is 3.53. The zero-order chi connectivity index (χ0) is 9.97. The van der Waals surface area contributed by atoms with Gasteiger partial charge in [-0.1, -0.05) is 6.08 Å². The minimum absolute atomic E-state index is 0.0286. The third-order valence-corrected chi connectivity index (χ3v) is 2.09. The summed E-state index contributed by atoms with van der Waals surface area (Å²) in [6.45, 7) is 0.251. The summed E-state index contributed by atoms with van der Waals surface area (Å²) in [6, 6.07) is 0. The van der Waals surface area contributed by atoms with Gasteiger partial charge in [-0.15, -0.1) is 0 Å². The van der Waals surface area contributed by atoms with Crippen LogP contribution in [0.5, 0.6) is 0 Å². The van der Waals surface area contributed by atoms with Crippen LogP contribution in [0.3, 0.4) is 0 Å². The number of ether oxygens (including phenoxy) is 2. The standard InChI is InChI=1S/C9H9NO4/c11-10(12)4-3-7-1-2-8-9(5-7)14-6-13-8/h1-4,7H,5-6H2/b4-3+. The van der Waals surface area contributed by atoms with E-state index < -0.39 is 4.92 Å². The van der Waals surface area contributed by atoms with Crippen LogP contribution in [0.15, 0.2) is 35.9 Å². The minimum Gasteiger partial charge on any atom is -0.458 e. The highest BCUT2D eigenvalue weighted by Gasteiger charge is 2.22. The number of hydrogen-bond acceptors (Lipinski definition) is 4. The molecule has 14 heavy (non-hydrogen) atoms. The Morgan fingerprint density at radius 1 is 1.57 bits per heavy atom. The fourth-order valence-electron chi connectivity index (χ4n) is 1.42. The maximum Gasteiger partial charge on any atom is 0.231 e. The van der Waals surface area contributed by atoms with Crippen LogP contribution < -0.4 is 0 Å². The summed E-state index contributed by atoms with van der Waals surface area (Å²) in [7, 11) is 0. The Bertz CT molecular complexity index is 343. The summed E-state index contributed by atoms with van der Waals surface area (Å²) in [5.41, 5.74) is 0. The molecule has 5 nitrogen and oxygen atoms in total. The highest BCUT2D eigenvalue weighted by molar-refractivity contribution is 5.26. The Labute approximate surface area is 80.5 Å². The molecule has 0 aromatic carbocycles. The van der Waals surface area contributed by atoms with Gasteiger partial charge in [0.2, 0.25) is 13.0 Å². The maximum absolute atomic E-state index is 10.1. The van der Waals surface area contributed by atoms with Gasteiger partial charge in [0, 0.05) is 12.3 Å². The molecule has 74 valence electrons. The highest BCUT2D eigenvalue weighted by atomic mass is 16.7. The van der Waals surface area contributed by atoms with E-state index in [1.807, 2.05) is 6.08 Å². The molecule has 0 fully saturated rings. The average molecular weight is 195 g/mol. The summed E-state index contributed by atoms with van der Waals surface area (Å²) < 4.78 is 10.3. The number of hydrogen-bond donors (Lipinski definition) is 0. The maximum atomic E-state index is 10.1. The van der Waals surface area contributed by atoms with Crippen molar-refractivity contribution >= 4 is 0 Å². The Balaban J connectivity index is 2.01. The fourth-order valence-corrected chi connectivity index (χ4v) is 1.42. The lowest BCUT2D eigenvalue weighted by molar-refractivity contribution is -0.402. The summed E-state index contributed by atoms with van der Waals surface area (Å²) >= 11 is 0. The largest absolute Gasteiger partial charge is 0.458 e. The molecule has 5 heteroatoms. The molecular formula is C9H9NO4. The van der Waals surface area contributed by atoms with Crippen LogP contribution in [0.25, 0.3) is 0 Å². The van der Waals surface area contributed by atoms with Gasteiger partial charge in [-0.05, 0) is 12.2 Å². The van der Waals surface area contributed by atoms with Crippen LogP contribution in [0.1, 0.15) is 6.42 Å². The molecule has 0 bridgehead atoms. The molecule has 0 saturated carbocycles. The Hall–Kier alpha value is -1.78. The third-order valence-electron chi connectivity index (χ3n) is 2.09. The zero-order valence-corrected chi connectivity index (χ0v) is 7.38. The molecule has 0 aromatic rings. The summed E-state index contributed by atoms with van der Waals surface area (Å²) in [6.07, 6.45) is 6.79. The Morgan fingerprint density at radius 3 is 3.21 bits per heavy atom. The first kappa shape index (κ1) is 8.80. The van der Waals surface area contributed by atoms with E-state index in [1.165, 1.54) is 0 Å². The zero-order valence-electron chi connectivity index (χ0n) is 7.38. The van der Waals surface area contributed by atoms with Gasteiger partial charge in [0.1, 0.15) is 5.76 Å². The molecule has 2 aliphatic rings. The van der Waals surface area contributed by atoms with E-state index in [1.54, 1.807) is 12.2 Å². The topological polar surface area (TPSA) is 61.6 Å². The van der Waals surface area contributed by atoms with E-state index in [-0.39, 0.29) is 12.7 Å². The first-order valence-electron chi connectivity index (χ1n) is 4.24. The quantitative estimate of drug-likeness (QED) is 0.495. The third kappa shape index (κ3) is 1.76. The molecule has 0 amide bonds. The van der Waals surface area contributed by atoms with Crippen molar-refractivity contribution in [1.82, 2.24) is 0 Å². The SMILES string of the molecule is O=[N+]([O-])/C=C/C1C=CC2=C(C1)OCO2. The monoisotopic (exact) mass is 195 g/mol. The van der Waals surface area contributed by atoms with E-state index in [0.717, 1.165) is 17.7 Å². The predicted octanol–water partition coefficient (Wildman–Crippen LogP) is 1.57. The average Bonchev–Trinajstić information content (AvgIpc) is 2.61. The van der Waals surface area contributed by atoms with Crippen LogP contribution >= 0.6 is 0 Å². The summed E-state index contributed by atoms with van der Waals surface area (Å²) in [5, 5.41) is 10.1. The summed E-state index contributed by atoms with van der Waals surface area (Å²) in [5.74, 6) is 1.56. The molecular weight excluding hydrogens is 186 g/mol. The van der Waals surface area contributed by atoms with Gasteiger partial charge < -0.3 is 9.47 Å². The van der Waals surface area contributed by atoms with Crippen molar-refractivity contribution in [1.29, 1.82) is 0 Å². The lowest BCUT2D eigenvalue weighted by atomic mass is 9.99. The van der Waals surface area contributed by atoms with Crippen molar-refractivity contribution in [3.8, 4) is 0 Å². The van der Waals surface area contributed by atoms with Gasteiger partial charge in [-0.2, -0.15) is 0 Å². The van der Waals surface area contributed by atoms with Crippen LogP contribution in [0.2, 0.25) is 0 Å². The number of nitrogens with zero attached hydrogens (tertiary/aromatic N) is 1. The smallest absolute Gasteiger partial charge is 0.231 e. The van der Waals surface area contributed by atoms with Gasteiger partial charge in [-0.3, -0.25) is 10.1 Å². The van der Waals surface area contributed by atoms with Crippen molar-refractivity contribution in [2.24, 2.45) is 5.92 Å². The van der Waals surface area contributed by atoms with Gasteiger partial charge >= 0.3 is 0 Å². The van der Waals surface area contributed by atoms with Crippen LogP contribution in [-0.2, 0) is 9.47 Å². The van der Waals surface area contributed by atoms with Crippen molar-refractivity contribution < 1.29 is 14.4 Å². The van der Waals surface area contributed by atoms with Crippen molar-refractivity contribution in [2.45, 2.75) is 6.42 Å². The molecule has 0 radical (unpaired) electrons. The molecule has 0 spiro atoms. The Morgan fingerprint density at radius 2 is 2.43 bits per heavy atom. The highest BCUT2D eigenvalue weighted by Crippen LogP contribution is 2.29. The lowest BCUT2D eigenvalue weighted by Crippen LogP contribution is -2.02. The Kier molecular flexibility index (Phi) is 2.22. The predicted molar refractivity (Wildman–Crippen MR) is 47.4 cm³/mol. The molecule has 2 rings (SSSR count). The van der Waals surface area contributed by atoms with E-state index in [9.17, 15) is 10.1 Å². The number of allylic oxidation sites excluding steroid dienone is 4. The molecule has 1 aliphatic heterocycles. The molecule has 1 aliphatic carbocycles. The second-order valence-electron chi connectivity index (χ2n) is 3.05. The van der Waals surface area contributed by atoms with Gasteiger partial charge in [0.05, 0.1) is 4.92 Å². The van der Waals surface area contributed by atoms with Crippen molar-refractivity contribution in [3.05, 3.63) is 46.1 Å². The van der Waals surface area contributed by atoms with Gasteiger partial charge in [0.25, 0.3) is 0 Å². The lowest BCUT2D eigenvalue weighted by Gasteiger charge is -2.10. The molecule has 0 N–H and O–H groups in total. The minimum atomic E-state index is -0.469. The van der Waals surface area contributed by atoms with Gasteiger partial charge in [0.15, 0.2) is 5.76 Å². The summed E-state index contributed by atoms with van der Waals surface area (Å²) in [4.78, 5) is 9.63. The van der Waals surface area contributed by atoms with E-state index in [0.29, 0.717) is 6.42 Å². The second-order valence-corrected chi connectivity index (χ2v) is 3.05. The number of rotatable bonds is 2. The normalized spacial score (nSPS) is 24.7. The first-order valence-corrected chi connectivity index (χ1v) is 4.24. The van der Waals surface area contributed by atoms with Crippen LogP contribution in [0, 0.1) is 16.0 Å². The van der Waals surface area contributed by atoms with Crippen molar-refractivity contribution in [3.63, 3.8) is 0 Å². The van der Waals surface area contributed by atoms with Crippen LogP contribution in [0.4, 0.5) is 0 Å². The molecule has 0 aromatic heterocycles. The van der Waals surface area contributed by atoms with E-state index >= 15 is 0 Å². The van der Waals surface area contributed by atoms with Gasteiger partial charge in [-0.25, -0.2) is 0 Å². The van der Waals surface area contributed by atoms with Crippen LogP contribution in [-0.4, -0.2) is 11.7 Å². The molecule has 0 saturated heterocycles. The van der Waals surface area contributed by atoms with Crippen molar-refractivity contribution in [2.75, 3.05) is 6.79 Å². The molecule has 1 unspecified atom stereocenters. The first-order chi connectivity index (χ1) is 6.75. The molecule has 1 atom stereocenters.